The Morgan fingerprint density at radius 3 is 3.00 bits per heavy atom. The molecule has 0 radical (unpaired) electrons. The third-order valence-electron chi connectivity index (χ3n) is 3.43. The lowest BCUT2D eigenvalue weighted by molar-refractivity contribution is 0.412. The van der Waals surface area contributed by atoms with Gasteiger partial charge in [0, 0.05) is 29.8 Å². The molecule has 4 heteroatoms. The van der Waals surface area contributed by atoms with Crippen molar-refractivity contribution in [2.45, 2.75) is 32.4 Å². The van der Waals surface area contributed by atoms with Crippen LogP contribution in [-0.2, 0) is 0 Å². The van der Waals surface area contributed by atoms with Gasteiger partial charge in [-0.2, -0.15) is 5.26 Å². The lowest BCUT2D eigenvalue weighted by atomic mass is 10.1. The van der Waals surface area contributed by atoms with Gasteiger partial charge in [-0.05, 0) is 31.5 Å². The SMILES string of the molecule is Cc1ccc(N2CC(C)NCC2CC#N)cc1Cl. The van der Waals surface area contributed by atoms with Gasteiger partial charge >= 0.3 is 0 Å². The number of rotatable bonds is 2. The summed E-state index contributed by atoms with van der Waals surface area (Å²) in [5.74, 6) is 0. The second-order valence-corrected chi connectivity index (χ2v) is 5.32. The number of hydrogen-bond donors (Lipinski definition) is 1. The fourth-order valence-electron chi connectivity index (χ4n) is 2.32. The molecule has 0 amide bonds. The van der Waals surface area contributed by atoms with Crippen molar-refractivity contribution in [3.8, 4) is 6.07 Å². The van der Waals surface area contributed by atoms with Crippen molar-refractivity contribution in [3.05, 3.63) is 28.8 Å². The number of aryl methyl sites for hydroxylation is 1. The first kappa shape index (κ1) is 13.2. The van der Waals surface area contributed by atoms with Gasteiger partial charge in [0.25, 0.3) is 0 Å². The molecule has 3 nitrogen and oxygen atoms in total. The Morgan fingerprint density at radius 1 is 1.56 bits per heavy atom. The number of halogens is 1. The van der Waals surface area contributed by atoms with Crippen LogP contribution in [0.4, 0.5) is 5.69 Å². The van der Waals surface area contributed by atoms with Crippen LogP contribution in [0.2, 0.25) is 5.02 Å². The van der Waals surface area contributed by atoms with Crippen molar-refractivity contribution >= 4 is 17.3 Å². The van der Waals surface area contributed by atoms with Crippen LogP contribution in [0.3, 0.4) is 0 Å². The van der Waals surface area contributed by atoms with Crippen molar-refractivity contribution in [2.24, 2.45) is 0 Å². The minimum Gasteiger partial charge on any atom is -0.365 e. The molecular formula is C14H18ClN3. The van der Waals surface area contributed by atoms with Crippen LogP contribution in [-0.4, -0.2) is 25.2 Å². The standard InChI is InChI=1S/C14H18ClN3/c1-10-3-4-12(7-14(10)15)18-9-11(2)17-8-13(18)5-6-16/h3-4,7,11,13,17H,5,8-9H2,1-2H3. The number of piperazine rings is 1. The van der Waals surface area contributed by atoms with E-state index in [1.54, 1.807) is 0 Å². The monoisotopic (exact) mass is 263 g/mol. The molecule has 1 N–H and O–H groups in total. The Labute approximate surface area is 113 Å². The molecule has 2 atom stereocenters. The minimum atomic E-state index is 0.227. The summed E-state index contributed by atoms with van der Waals surface area (Å²) in [7, 11) is 0. The maximum atomic E-state index is 8.92. The second-order valence-electron chi connectivity index (χ2n) is 4.91. The van der Waals surface area contributed by atoms with Gasteiger partial charge in [0.05, 0.1) is 18.5 Å². The van der Waals surface area contributed by atoms with E-state index in [1.807, 2.05) is 19.1 Å². The fraction of sp³-hybridized carbons (Fsp3) is 0.500. The Balaban J connectivity index is 2.26. The van der Waals surface area contributed by atoms with Gasteiger partial charge in [-0.3, -0.25) is 0 Å². The third kappa shape index (κ3) is 2.77. The number of anilines is 1. The van der Waals surface area contributed by atoms with Crippen molar-refractivity contribution in [3.63, 3.8) is 0 Å². The highest BCUT2D eigenvalue weighted by Gasteiger charge is 2.25. The van der Waals surface area contributed by atoms with Gasteiger partial charge in [-0.15, -0.1) is 0 Å². The van der Waals surface area contributed by atoms with Crippen molar-refractivity contribution < 1.29 is 0 Å². The lowest BCUT2D eigenvalue weighted by Crippen LogP contribution is -2.55. The van der Waals surface area contributed by atoms with Crippen molar-refractivity contribution in [2.75, 3.05) is 18.0 Å². The molecule has 0 bridgehead atoms. The summed E-state index contributed by atoms with van der Waals surface area (Å²) in [6.07, 6.45) is 0.533. The summed E-state index contributed by atoms with van der Waals surface area (Å²) in [4.78, 5) is 2.29. The van der Waals surface area contributed by atoms with Crippen molar-refractivity contribution in [1.29, 1.82) is 5.26 Å². The Morgan fingerprint density at radius 2 is 2.33 bits per heavy atom. The molecular weight excluding hydrogens is 246 g/mol. The lowest BCUT2D eigenvalue weighted by Gasteiger charge is -2.40. The molecule has 1 heterocycles. The highest BCUT2D eigenvalue weighted by atomic mass is 35.5. The molecule has 1 aliphatic heterocycles. The predicted octanol–water partition coefficient (Wildman–Crippen LogP) is 2.73. The molecule has 96 valence electrons. The van der Waals surface area contributed by atoms with Crippen LogP contribution >= 0.6 is 11.6 Å². The van der Waals surface area contributed by atoms with E-state index in [0.717, 1.165) is 29.4 Å². The first-order valence-electron chi connectivity index (χ1n) is 6.25. The topological polar surface area (TPSA) is 39.1 Å². The van der Waals surface area contributed by atoms with Crippen LogP contribution in [0.25, 0.3) is 0 Å². The van der Waals surface area contributed by atoms with Gasteiger partial charge in [0.1, 0.15) is 0 Å². The summed E-state index contributed by atoms with van der Waals surface area (Å²) in [5.41, 5.74) is 2.19. The van der Waals surface area contributed by atoms with E-state index in [-0.39, 0.29) is 6.04 Å². The zero-order chi connectivity index (χ0) is 13.1. The average molecular weight is 264 g/mol. The molecule has 1 aromatic carbocycles. The van der Waals surface area contributed by atoms with Crippen molar-refractivity contribution in [1.82, 2.24) is 5.32 Å². The number of hydrogen-bond acceptors (Lipinski definition) is 3. The first-order valence-corrected chi connectivity index (χ1v) is 6.62. The molecule has 2 unspecified atom stereocenters. The van der Waals surface area contributed by atoms with E-state index in [1.165, 1.54) is 0 Å². The average Bonchev–Trinajstić information content (AvgIpc) is 2.35. The second kappa shape index (κ2) is 5.60. The zero-order valence-electron chi connectivity index (χ0n) is 10.8. The molecule has 2 rings (SSSR count). The molecule has 0 saturated carbocycles. The van der Waals surface area contributed by atoms with Crippen LogP contribution < -0.4 is 10.2 Å². The van der Waals surface area contributed by atoms with E-state index >= 15 is 0 Å². The van der Waals surface area contributed by atoms with E-state index in [0.29, 0.717) is 12.5 Å². The normalized spacial score (nSPS) is 23.8. The minimum absolute atomic E-state index is 0.227. The summed E-state index contributed by atoms with van der Waals surface area (Å²) >= 11 is 6.19. The maximum Gasteiger partial charge on any atom is 0.0643 e. The largest absolute Gasteiger partial charge is 0.365 e. The Hall–Kier alpha value is -1.24. The first-order chi connectivity index (χ1) is 8.61. The third-order valence-corrected chi connectivity index (χ3v) is 3.83. The summed E-state index contributed by atoms with van der Waals surface area (Å²) < 4.78 is 0. The number of benzene rings is 1. The Kier molecular flexibility index (Phi) is 4.11. The predicted molar refractivity (Wildman–Crippen MR) is 75.0 cm³/mol. The zero-order valence-corrected chi connectivity index (χ0v) is 11.5. The Bertz CT molecular complexity index is 467. The quantitative estimate of drug-likeness (QED) is 0.892. The van der Waals surface area contributed by atoms with Gasteiger partial charge in [0.2, 0.25) is 0 Å². The number of nitrogens with one attached hydrogen (secondary N) is 1. The molecule has 0 aliphatic carbocycles. The molecule has 0 spiro atoms. The molecule has 1 aromatic rings. The van der Waals surface area contributed by atoms with E-state index in [2.05, 4.69) is 29.3 Å². The molecule has 0 aromatic heterocycles. The van der Waals surface area contributed by atoms with Crippen LogP contribution in [0, 0.1) is 18.3 Å². The molecule has 1 fully saturated rings. The number of nitriles is 1. The molecule has 1 saturated heterocycles. The van der Waals surface area contributed by atoms with Crippen LogP contribution in [0.1, 0.15) is 18.9 Å². The van der Waals surface area contributed by atoms with Gasteiger partial charge in [-0.1, -0.05) is 17.7 Å². The van der Waals surface area contributed by atoms with Gasteiger partial charge in [0.15, 0.2) is 0 Å². The fourth-order valence-corrected chi connectivity index (χ4v) is 2.50. The maximum absolute atomic E-state index is 8.92. The smallest absolute Gasteiger partial charge is 0.0643 e. The van der Waals surface area contributed by atoms with E-state index in [4.69, 9.17) is 16.9 Å². The molecule has 18 heavy (non-hydrogen) atoms. The summed E-state index contributed by atoms with van der Waals surface area (Å²) in [6.45, 7) is 5.91. The van der Waals surface area contributed by atoms with E-state index in [9.17, 15) is 0 Å². The number of nitrogens with zero attached hydrogens (tertiary/aromatic N) is 2. The van der Waals surface area contributed by atoms with E-state index < -0.39 is 0 Å². The highest BCUT2D eigenvalue weighted by molar-refractivity contribution is 6.31. The summed E-state index contributed by atoms with van der Waals surface area (Å²) in [6, 6.07) is 9.04. The summed E-state index contributed by atoms with van der Waals surface area (Å²) in [5, 5.41) is 13.1. The molecule has 1 aliphatic rings. The van der Waals surface area contributed by atoms with Crippen LogP contribution in [0.5, 0.6) is 0 Å². The van der Waals surface area contributed by atoms with Gasteiger partial charge in [-0.25, -0.2) is 0 Å². The van der Waals surface area contributed by atoms with Gasteiger partial charge < -0.3 is 10.2 Å². The highest BCUT2D eigenvalue weighted by Crippen LogP contribution is 2.26. The van der Waals surface area contributed by atoms with Crippen LogP contribution in [0.15, 0.2) is 18.2 Å².